The summed E-state index contributed by atoms with van der Waals surface area (Å²) in [4.78, 5) is 12.5. The van der Waals surface area contributed by atoms with E-state index in [1.54, 1.807) is 24.3 Å². The first-order chi connectivity index (χ1) is 12.8. The predicted molar refractivity (Wildman–Crippen MR) is 93.9 cm³/mol. The molecule has 0 aliphatic heterocycles. The van der Waals surface area contributed by atoms with E-state index in [1.165, 1.54) is 20.3 Å². The Hall–Kier alpha value is -2.58. The molecule has 0 atom stereocenters. The minimum atomic E-state index is -4.54. The van der Waals surface area contributed by atoms with Gasteiger partial charge in [0.1, 0.15) is 12.4 Å². The van der Waals surface area contributed by atoms with Crippen LogP contribution in [-0.4, -0.2) is 33.3 Å². The zero-order valence-electron chi connectivity index (χ0n) is 14.9. The van der Waals surface area contributed by atoms with Crippen LogP contribution in [0, 0.1) is 0 Å². The molecule has 2 rings (SSSR count). The lowest BCUT2D eigenvalue weighted by atomic mass is 10.1. The minimum Gasteiger partial charge on any atom is -0.489 e. The molecule has 0 heterocycles. The number of halogens is 3. The predicted octanol–water partition coefficient (Wildman–Crippen LogP) is 4.13. The topological polar surface area (TPSA) is 56.8 Å². The number of alkyl halides is 3. The van der Waals surface area contributed by atoms with Crippen molar-refractivity contribution in [2.45, 2.75) is 12.8 Å². The van der Waals surface area contributed by atoms with E-state index in [0.717, 1.165) is 17.7 Å². The second kappa shape index (κ2) is 9.38. The average molecular weight is 383 g/mol. The van der Waals surface area contributed by atoms with E-state index in [1.807, 2.05) is 0 Å². The summed E-state index contributed by atoms with van der Waals surface area (Å²) in [6.07, 6.45) is -4.54. The molecule has 1 N–H and O–H groups in total. The van der Waals surface area contributed by atoms with Crippen molar-refractivity contribution in [2.24, 2.45) is 0 Å². The van der Waals surface area contributed by atoms with Crippen LogP contribution in [0.5, 0.6) is 5.75 Å². The number of anilines is 1. The average Bonchev–Trinajstić information content (AvgIpc) is 2.62. The van der Waals surface area contributed by atoms with Crippen LogP contribution in [0.2, 0.25) is 0 Å². The molecule has 0 fully saturated rings. The Morgan fingerprint density at radius 3 is 2.48 bits per heavy atom. The molecule has 0 unspecified atom stereocenters. The third kappa shape index (κ3) is 5.97. The molecule has 0 spiro atoms. The Morgan fingerprint density at radius 2 is 1.81 bits per heavy atom. The summed E-state index contributed by atoms with van der Waals surface area (Å²) in [5, 5.41) is 2.49. The maximum absolute atomic E-state index is 13.0. The maximum atomic E-state index is 13.0. The summed E-state index contributed by atoms with van der Waals surface area (Å²) in [7, 11) is 3.00. The van der Waals surface area contributed by atoms with Crippen LogP contribution in [0.15, 0.2) is 42.5 Å². The molecular weight excluding hydrogens is 363 g/mol. The second-order valence-corrected chi connectivity index (χ2v) is 5.64. The van der Waals surface area contributed by atoms with E-state index < -0.39 is 17.6 Å². The highest BCUT2D eigenvalue weighted by atomic mass is 19.4. The Kier molecular flexibility index (Phi) is 7.20. The van der Waals surface area contributed by atoms with Gasteiger partial charge >= 0.3 is 6.18 Å². The van der Waals surface area contributed by atoms with Gasteiger partial charge in [0.25, 0.3) is 5.91 Å². The number of rotatable bonds is 8. The van der Waals surface area contributed by atoms with Gasteiger partial charge in [-0.1, -0.05) is 12.1 Å². The summed E-state index contributed by atoms with van der Waals surface area (Å²) in [5.41, 5.74) is 0.115. The molecule has 0 aliphatic carbocycles. The first-order valence-electron chi connectivity index (χ1n) is 8.07. The summed E-state index contributed by atoms with van der Waals surface area (Å²) in [6.45, 7) is 0.706. The largest absolute Gasteiger partial charge is 0.489 e. The number of nitrogens with one attached hydrogen (secondary N) is 1. The Balaban J connectivity index is 2.28. The SMILES string of the molecule is COCCOc1ccc(C(F)(F)F)cc1NC(=O)c1cccc(COC)c1. The third-order valence-electron chi connectivity index (χ3n) is 3.60. The molecule has 0 bridgehead atoms. The molecule has 0 radical (unpaired) electrons. The van der Waals surface area contributed by atoms with Crippen molar-refractivity contribution in [3.63, 3.8) is 0 Å². The van der Waals surface area contributed by atoms with Crippen LogP contribution in [0.3, 0.4) is 0 Å². The number of ether oxygens (including phenoxy) is 3. The van der Waals surface area contributed by atoms with Crippen LogP contribution in [-0.2, 0) is 22.3 Å². The van der Waals surface area contributed by atoms with Crippen molar-refractivity contribution in [3.8, 4) is 5.75 Å². The van der Waals surface area contributed by atoms with Crippen molar-refractivity contribution >= 4 is 11.6 Å². The van der Waals surface area contributed by atoms with Crippen molar-refractivity contribution in [2.75, 3.05) is 32.8 Å². The lowest BCUT2D eigenvalue weighted by Crippen LogP contribution is -2.15. The number of amides is 1. The Morgan fingerprint density at radius 1 is 1.04 bits per heavy atom. The molecule has 27 heavy (non-hydrogen) atoms. The van der Waals surface area contributed by atoms with Gasteiger partial charge in [0.2, 0.25) is 0 Å². The van der Waals surface area contributed by atoms with Gasteiger partial charge < -0.3 is 19.5 Å². The number of benzene rings is 2. The van der Waals surface area contributed by atoms with Crippen LogP contribution < -0.4 is 10.1 Å². The van der Waals surface area contributed by atoms with E-state index in [9.17, 15) is 18.0 Å². The first kappa shape index (κ1) is 20.7. The van der Waals surface area contributed by atoms with Crippen LogP contribution >= 0.6 is 0 Å². The molecular formula is C19H20F3NO4. The first-order valence-corrected chi connectivity index (χ1v) is 8.07. The fraction of sp³-hybridized carbons (Fsp3) is 0.316. The highest BCUT2D eigenvalue weighted by molar-refractivity contribution is 6.05. The number of carbonyl (C=O) groups is 1. The molecule has 0 saturated carbocycles. The van der Waals surface area contributed by atoms with Crippen LogP contribution in [0.4, 0.5) is 18.9 Å². The maximum Gasteiger partial charge on any atom is 0.416 e. The van der Waals surface area contributed by atoms with Gasteiger partial charge in [-0.15, -0.1) is 0 Å². The van der Waals surface area contributed by atoms with Gasteiger partial charge in [0, 0.05) is 19.8 Å². The third-order valence-corrected chi connectivity index (χ3v) is 3.60. The van der Waals surface area contributed by atoms with E-state index in [-0.39, 0.29) is 24.7 Å². The standard InChI is InChI=1S/C19H20F3NO4/c1-25-8-9-27-17-7-6-15(19(20,21)22)11-16(17)23-18(24)14-5-3-4-13(10-14)12-26-2/h3-7,10-11H,8-9,12H2,1-2H3,(H,23,24). The van der Waals surface area contributed by atoms with Gasteiger partial charge in [-0.2, -0.15) is 13.2 Å². The lowest BCUT2D eigenvalue weighted by Gasteiger charge is -2.15. The fourth-order valence-electron chi connectivity index (χ4n) is 2.33. The normalized spacial score (nSPS) is 11.3. The second-order valence-electron chi connectivity index (χ2n) is 5.64. The minimum absolute atomic E-state index is 0.0666. The zero-order chi connectivity index (χ0) is 19.9. The lowest BCUT2D eigenvalue weighted by molar-refractivity contribution is -0.137. The van der Waals surface area contributed by atoms with Crippen LogP contribution in [0.1, 0.15) is 21.5 Å². The summed E-state index contributed by atoms with van der Waals surface area (Å²) in [5.74, 6) is -0.426. The quantitative estimate of drug-likeness (QED) is 0.697. The van der Waals surface area contributed by atoms with Crippen molar-refractivity contribution in [3.05, 3.63) is 59.2 Å². The smallest absolute Gasteiger partial charge is 0.416 e. The van der Waals surface area contributed by atoms with Crippen molar-refractivity contribution in [1.29, 1.82) is 0 Å². The fourth-order valence-corrected chi connectivity index (χ4v) is 2.33. The number of carbonyl (C=O) groups excluding carboxylic acids is 1. The molecule has 2 aromatic carbocycles. The number of methoxy groups -OCH3 is 2. The Bertz CT molecular complexity index is 778. The Labute approximate surface area is 155 Å². The van der Waals surface area contributed by atoms with Crippen molar-refractivity contribution < 1.29 is 32.2 Å². The van der Waals surface area contributed by atoms with Gasteiger partial charge in [-0.05, 0) is 35.9 Å². The van der Waals surface area contributed by atoms with E-state index in [2.05, 4.69) is 5.32 Å². The van der Waals surface area contributed by atoms with E-state index >= 15 is 0 Å². The molecule has 0 aliphatic rings. The molecule has 1 amide bonds. The number of hydrogen-bond donors (Lipinski definition) is 1. The summed E-state index contributed by atoms with van der Waals surface area (Å²) < 4.78 is 54.4. The zero-order valence-corrected chi connectivity index (χ0v) is 14.9. The highest BCUT2D eigenvalue weighted by Gasteiger charge is 2.31. The van der Waals surface area contributed by atoms with Gasteiger partial charge in [-0.25, -0.2) is 0 Å². The van der Waals surface area contributed by atoms with E-state index in [0.29, 0.717) is 12.2 Å². The molecule has 0 saturated heterocycles. The number of hydrogen-bond acceptors (Lipinski definition) is 4. The van der Waals surface area contributed by atoms with Gasteiger partial charge in [-0.3, -0.25) is 4.79 Å². The molecule has 0 aromatic heterocycles. The van der Waals surface area contributed by atoms with Crippen molar-refractivity contribution in [1.82, 2.24) is 0 Å². The van der Waals surface area contributed by atoms with Gasteiger partial charge in [0.15, 0.2) is 0 Å². The molecule has 5 nitrogen and oxygen atoms in total. The summed E-state index contributed by atoms with van der Waals surface area (Å²) >= 11 is 0. The molecule has 2 aromatic rings. The van der Waals surface area contributed by atoms with E-state index in [4.69, 9.17) is 14.2 Å². The van der Waals surface area contributed by atoms with Crippen LogP contribution in [0.25, 0.3) is 0 Å². The molecule has 146 valence electrons. The highest BCUT2D eigenvalue weighted by Crippen LogP contribution is 2.35. The summed E-state index contributed by atoms with van der Waals surface area (Å²) in [6, 6.07) is 9.55. The van der Waals surface area contributed by atoms with Gasteiger partial charge in [0.05, 0.1) is 24.5 Å². The monoisotopic (exact) mass is 383 g/mol. The molecule has 8 heteroatoms.